The van der Waals surface area contributed by atoms with Crippen LogP contribution < -0.4 is 14.9 Å². The van der Waals surface area contributed by atoms with E-state index >= 15 is 0 Å². The molecule has 1 amide bonds. The van der Waals surface area contributed by atoms with Gasteiger partial charge in [-0.25, -0.2) is 5.43 Å². The maximum Gasteiger partial charge on any atom is 0.271 e. The number of carbonyl (C=O) groups is 1. The molecule has 0 saturated heterocycles. The second kappa shape index (κ2) is 8.11. The topological polar surface area (TPSA) is 100 Å². The molecule has 27 heavy (non-hydrogen) atoms. The van der Waals surface area contributed by atoms with Crippen LogP contribution in [0.5, 0.6) is 17.2 Å². The maximum absolute atomic E-state index is 12.1. The fourth-order valence-electron chi connectivity index (χ4n) is 2.48. The van der Waals surface area contributed by atoms with Crippen LogP contribution in [-0.2, 0) is 0 Å². The highest BCUT2D eigenvalue weighted by molar-refractivity contribution is 6.32. The number of aliphatic hydroxyl groups excluding tert-OH is 1. The first-order chi connectivity index (χ1) is 13.0. The number of carbonyl (C=O) groups excluding carboxylic acids is 1. The van der Waals surface area contributed by atoms with E-state index in [1.54, 1.807) is 31.2 Å². The normalized spacial score (nSPS) is 15.6. The summed E-state index contributed by atoms with van der Waals surface area (Å²) in [5.41, 5.74) is 4.06. The monoisotopic (exact) mass is 388 g/mol. The zero-order valence-corrected chi connectivity index (χ0v) is 15.1. The van der Waals surface area contributed by atoms with Crippen molar-refractivity contribution >= 4 is 29.8 Å². The van der Waals surface area contributed by atoms with Crippen LogP contribution in [-0.4, -0.2) is 35.2 Å². The number of phenols is 1. The highest BCUT2D eigenvalue weighted by atomic mass is 35.5. The molecule has 2 aromatic rings. The van der Waals surface area contributed by atoms with Crippen molar-refractivity contribution in [2.45, 2.75) is 13.2 Å². The van der Waals surface area contributed by atoms with Crippen LogP contribution in [0.1, 0.15) is 28.4 Å². The molecule has 1 atom stereocenters. The lowest BCUT2D eigenvalue weighted by molar-refractivity contribution is 0.0677. The zero-order valence-electron chi connectivity index (χ0n) is 14.3. The quantitative estimate of drug-likeness (QED) is 0.540. The van der Waals surface area contributed by atoms with E-state index in [1.165, 1.54) is 24.4 Å². The smallest absolute Gasteiger partial charge is 0.271 e. The minimum atomic E-state index is -0.470. The molecule has 0 fully saturated rings. The molecule has 0 radical (unpaired) electrons. The highest BCUT2D eigenvalue weighted by Crippen LogP contribution is 2.39. The van der Waals surface area contributed by atoms with Crippen LogP contribution in [0.4, 0.5) is 0 Å². The van der Waals surface area contributed by atoms with Crippen molar-refractivity contribution in [3.05, 3.63) is 58.1 Å². The van der Waals surface area contributed by atoms with Crippen LogP contribution in [0, 0.1) is 0 Å². The Hall–Kier alpha value is -3.03. The molecular weight excluding hydrogens is 372 g/mol. The minimum Gasteiger partial charge on any atom is -0.506 e. The summed E-state index contributed by atoms with van der Waals surface area (Å²) in [6, 6.07) is 7.65. The Bertz CT molecular complexity index is 927. The molecule has 2 aromatic carbocycles. The SMILES string of the molecule is CC1Oc2cc(/C=N/NC(=O)c3ccc(O)c(Cl)c3)cc(/C=C/CO)c2O1. The van der Waals surface area contributed by atoms with Gasteiger partial charge < -0.3 is 19.7 Å². The van der Waals surface area contributed by atoms with Crippen molar-refractivity contribution < 1.29 is 24.5 Å². The van der Waals surface area contributed by atoms with E-state index in [4.69, 9.17) is 26.2 Å². The number of aromatic hydroxyl groups is 1. The highest BCUT2D eigenvalue weighted by Gasteiger charge is 2.23. The van der Waals surface area contributed by atoms with E-state index in [9.17, 15) is 9.90 Å². The van der Waals surface area contributed by atoms with Crippen molar-refractivity contribution in [2.24, 2.45) is 5.10 Å². The van der Waals surface area contributed by atoms with Gasteiger partial charge in [-0.15, -0.1) is 0 Å². The Morgan fingerprint density at radius 3 is 2.89 bits per heavy atom. The number of halogens is 1. The Morgan fingerprint density at radius 2 is 2.15 bits per heavy atom. The van der Waals surface area contributed by atoms with E-state index in [2.05, 4.69) is 10.5 Å². The van der Waals surface area contributed by atoms with Crippen LogP contribution in [0.2, 0.25) is 5.02 Å². The molecule has 7 nitrogen and oxygen atoms in total. The van der Waals surface area contributed by atoms with Crippen LogP contribution in [0.25, 0.3) is 6.08 Å². The van der Waals surface area contributed by atoms with Gasteiger partial charge in [0.2, 0.25) is 6.29 Å². The van der Waals surface area contributed by atoms with Gasteiger partial charge in [-0.3, -0.25) is 4.79 Å². The number of hydrogen-bond donors (Lipinski definition) is 3. The molecule has 1 unspecified atom stereocenters. The Morgan fingerprint density at radius 1 is 1.33 bits per heavy atom. The molecule has 1 heterocycles. The van der Waals surface area contributed by atoms with E-state index in [1.807, 2.05) is 0 Å². The van der Waals surface area contributed by atoms with Gasteiger partial charge in [0.15, 0.2) is 11.5 Å². The molecule has 8 heteroatoms. The standard InChI is InChI=1S/C19H17ClN2O5/c1-11-26-17-8-12(7-13(3-2-6-23)18(17)27-11)10-21-22-19(25)14-4-5-16(24)15(20)9-14/h2-5,7-11,23-24H,6H2,1H3,(H,22,25)/b3-2+,21-10+. The van der Waals surface area contributed by atoms with Crippen LogP contribution >= 0.6 is 11.6 Å². The zero-order chi connectivity index (χ0) is 19.4. The third-order valence-corrected chi connectivity index (χ3v) is 3.98. The number of phenolic OH excluding ortho intramolecular Hbond substituents is 1. The second-order valence-electron chi connectivity index (χ2n) is 5.69. The lowest BCUT2D eigenvalue weighted by Gasteiger charge is -2.04. The summed E-state index contributed by atoms with van der Waals surface area (Å²) in [5.74, 6) is 0.575. The van der Waals surface area contributed by atoms with Gasteiger partial charge >= 0.3 is 0 Å². The van der Waals surface area contributed by atoms with Crippen molar-refractivity contribution in [3.63, 3.8) is 0 Å². The molecule has 0 aromatic heterocycles. The molecule has 140 valence electrons. The largest absolute Gasteiger partial charge is 0.506 e. The van der Waals surface area contributed by atoms with E-state index in [0.29, 0.717) is 17.1 Å². The van der Waals surface area contributed by atoms with Gasteiger partial charge in [0, 0.05) is 18.1 Å². The molecule has 0 saturated carbocycles. The Balaban J connectivity index is 1.77. The first kappa shape index (κ1) is 18.8. The number of nitrogens with one attached hydrogen (secondary N) is 1. The molecular formula is C19H17ClN2O5. The molecule has 3 N–H and O–H groups in total. The summed E-state index contributed by atoms with van der Waals surface area (Å²) < 4.78 is 11.2. The fourth-order valence-corrected chi connectivity index (χ4v) is 2.67. The number of hydrogen-bond acceptors (Lipinski definition) is 6. The molecule has 3 rings (SSSR count). The first-order valence-corrected chi connectivity index (χ1v) is 8.46. The lowest BCUT2D eigenvalue weighted by Crippen LogP contribution is -2.17. The van der Waals surface area contributed by atoms with Crippen LogP contribution in [0.3, 0.4) is 0 Å². The molecule has 1 aliphatic heterocycles. The average molecular weight is 389 g/mol. The number of amides is 1. The van der Waals surface area contributed by atoms with Gasteiger partial charge in [0.1, 0.15) is 5.75 Å². The number of ether oxygens (including phenoxy) is 2. The number of hydrazone groups is 1. The molecule has 1 aliphatic rings. The van der Waals surface area contributed by atoms with Gasteiger partial charge in [-0.1, -0.05) is 23.8 Å². The van der Waals surface area contributed by atoms with Crippen molar-refractivity contribution in [1.82, 2.24) is 5.43 Å². The second-order valence-corrected chi connectivity index (χ2v) is 6.10. The summed E-state index contributed by atoms with van der Waals surface area (Å²) in [7, 11) is 0. The van der Waals surface area contributed by atoms with Gasteiger partial charge in [0.05, 0.1) is 17.8 Å². The maximum atomic E-state index is 12.1. The van der Waals surface area contributed by atoms with Crippen molar-refractivity contribution in [3.8, 4) is 17.2 Å². The van der Waals surface area contributed by atoms with Crippen molar-refractivity contribution in [1.29, 1.82) is 0 Å². The third kappa shape index (κ3) is 4.39. The number of benzene rings is 2. The summed E-state index contributed by atoms with van der Waals surface area (Å²) in [5, 5.41) is 22.4. The van der Waals surface area contributed by atoms with E-state index in [-0.39, 0.29) is 22.9 Å². The third-order valence-electron chi connectivity index (χ3n) is 3.68. The summed E-state index contributed by atoms with van der Waals surface area (Å²) in [4.78, 5) is 12.1. The first-order valence-electron chi connectivity index (χ1n) is 8.08. The van der Waals surface area contributed by atoms with Gasteiger partial charge in [0.25, 0.3) is 5.91 Å². The number of fused-ring (bicyclic) bond motifs is 1. The number of aliphatic hydroxyl groups is 1. The predicted molar refractivity (Wildman–Crippen MR) is 101 cm³/mol. The summed E-state index contributed by atoms with van der Waals surface area (Å²) in [6.07, 6.45) is 4.35. The van der Waals surface area contributed by atoms with Gasteiger partial charge in [-0.2, -0.15) is 5.10 Å². The summed E-state index contributed by atoms with van der Waals surface area (Å²) in [6.45, 7) is 1.67. The minimum absolute atomic E-state index is 0.0804. The lowest BCUT2D eigenvalue weighted by atomic mass is 10.1. The van der Waals surface area contributed by atoms with Gasteiger partial charge in [-0.05, 0) is 35.9 Å². The van der Waals surface area contributed by atoms with E-state index < -0.39 is 12.2 Å². The fraction of sp³-hybridized carbons (Fsp3) is 0.158. The van der Waals surface area contributed by atoms with Crippen molar-refractivity contribution in [2.75, 3.05) is 6.61 Å². The average Bonchev–Trinajstić information content (AvgIpc) is 3.02. The molecule has 0 aliphatic carbocycles. The predicted octanol–water partition coefficient (Wildman–Crippen LogP) is 2.93. The Labute approximate surface area is 160 Å². The molecule has 0 spiro atoms. The van der Waals surface area contributed by atoms with E-state index in [0.717, 1.165) is 5.56 Å². The number of nitrogens with zero attached hydrogens (tertiary/aromatic N) is 1. The molecule has 0 bridgehead atoms. The summed E-state index contributed by atoms with van der Waals surface area (Å²) >= 11 is 5.79. The van der Waals surface area contributed by atoms with Crippen LogP contribution in [0.15, 0.2) is 41.5 Å². The number of rotatable bonds is 5. The Kier molecular flexibility index (Phi) is 5.63.